The van der Waals surface area contributed by atoms with E-state index in [0.717, 1.165) is 12.0 Å². The van der Waals surface area contributed by atoms with Gasteiger partial charge in [-0.2, -0.15) is 0 Å². The van der Waals surface area contributed by atoms with Crippen molar-refractivity contribution in [1.29, 1.82) is 0 Å². The Bertz CT molecular complexity index is 1150. The molecule has 0 spiro atoms. The number of hydrogen-bond acceptors (Lipinski definition) is 3. The van der Waals surface area contributed by atoms with Crippen LogP contribution in [0.2, 0.25) is 10.0 Å². The third-order valence-electron chi connectivity index (χ3n) is 5.77. The fourth-order valence-corrected chi connectivity index (χ4v) is 5.51. The van der Waals surface area contributed by atoms with Gasteiger partial charge in [-0.15, -0.1) is 11.3 Å². The van der Waals surface area contributed by atoms with E-state index in [-0.39, 0.29) is 30.3 Å². The van der Waals surface area contributed by atoms with E-state index in [1.807, 2.05) is 36.9 Å². The number of amides is 2. The maximum absolute atomic E-state index is 13.7. The van der Waals surface area contributed by atoms with Crippen molar-refractivity contribution in [3.8, 4) is 0 Å². The smallest absolute Gasteiger partial charge is 0.254 e. The number of rotatable bonds is 6. The molecule has 0 radical (unpaired) electrons. The normalized spacial score (nSPS) is 15.4. The summed E-state index contributed by atoms with van der Waals surface area (Å²) in [6, 6.07) is 16.9. The van der Waals surface area contributed by atoms with Crippen LogP contribution in [0.3, 0.4) is 0 Å². The van der Waals surface area contributed by atoms with Crippen molar-refractivity contribution in [3.63, 3.8) is 0 Å². The van der Waals surface area contributed by atoms with E-state index < -0.39 is 0 Å². The molecule has 0 saturated heterocycles. The Hall–Kier alpha value is -2.34. The molecule has 172 valence electrons. The van der Waals surface area contributed by atoms with E-state index in [1.165, 1.54) is 10.4 Å². The molecule has 7 heteroatoms. The molecule has 1 aliphatic rings. The minimum Gasteiger partial charge on any atom is -0.330 e. The molecule has 0 aliphatic carbocycles. The van der Waals surface area contributed by atoms with Crippen LogP contribution in [-0.2, 0) is 11.2 Å². The molecule has 4 nitrogen and oxygen atoms in total. The summed E-state index contributed by atoms with van der Waals surface area (Å²) in [5.41, 5.74) is 2.68. The summed E-state index contributed by atoms with van der Waals surface area (Å²) in [5.74, 6) is -0.0749. The highest BCUT2D eigenvalue weighted by molar-refractivity contribution is 7.10. The Labute approximate surface area is 208 Å². The van der Waals surface area contributed by atoms with Crippen LogP contribution < -0.4 is 0 Å². The maximum atomic E-state index is 13.7. The zero-order valence-corrected chi connectivity index (χ0v) is 21.0. The number of fused-ring (bicyclic) bond motifs is 1. The molecule has 2 aromatic carbocycles. The standard InChI is InChI=1S/C26H26Cl2N2O2S/c1-17(2)15-29(26(32)19-8-9-21(27)22(28)14-19)16-24(31)30-12-10-23-20(11-13-33-23)25(30)18-6-4-3-5-7-18/h3-9,11,13-14,17,25H,10,12,15-16H2,1-2H3/t25-/m1/s1. The lowest BCUT2D eigenvalue weighted by atomic mass is 9.93. The van der Waals surface area contributed by atoms with Gasteiger partial charge in [-0.1, -0.05) is 67.4 Å². The van der Waals surface area contributed by atoms with Gasteiger partial charge < -0.3 is 9.80 Å². The Morgan fingerprint density at radius 1 is 1.09 bits per heavy atom. The van der Waals surface area contributed by atoms with Gasteiger partial charge in [-0.3, -0.25) is 9.59 Å². The Morgan fingerprint density at radius 3 is 2.55 bits per heavy atom. The van der Waals surface area contributed by atoms with Gasteiger partial charge in [0.05, 0.1) is 16.1 Å². The molecule has 4 rings (SSSR count). The molecule has 1 aromatic heterocycles. The number of halogens is 2. The van der Waals surface area contributed by atoms with Crippen LogP contribution in [0.1, 0.15) is 46.3 Å². The number of benzene rings is 2. The van der Waals surface area contributed by atoms with E-state index in [4.69, 9.17) is 23.2 Å². The summed E-state index contributed by atoms with van der Waals surface area (Å²) in [6.45, 7) is 5.18. The van der Waals surface area contributed by atoms with E-state index in [2.05, 4.69) is 23.6 Å². The van der Waals surface area contributed by atoms with Crippen molar-refractivity contribution in [2.45, 2.75) is 26.3 Å². The first kappa shape index (κ1) is 23.8. The summed E-state index contributed by atoms with van der Waals surface area (Å²) in [6.07, 6.45) is 0.826. The van der Waals surface area contributed by atoms with Gasteiger partial charge in [0, 0.05) is 23.5 Å². The molecule has 2 heterocycles. The van der Waals surface area contributed by atoms with Crippen LogP contribution in [0.25, 0.3) is 0 Å². The molecule has 2 amide bonds. The largest absolute Gasteiger partial charge is 0.330 e. The first-order valence-corrected chi connectivity index (χ1v) is 12.6. The third-order valence-corrected chi connectivity index (χ3v) is 7.50. The number of carbonyl (C=O) groups excluding carboxylic acids is 2. The monoisotopic (exact) mass is 500 g/mol. The van der Waals surface area contributed by atoms with Crippen molar-refractivity contribution in [3.05, 3.63) is 91.6 Å². The summed E-state index contributed by atoms with van der Waals surface area (Å²) >= 11 is 13.9. The highest BCUT2D eigenvalue weighted by atomic mass is 35.5. The lowest BCUT2D eigenvalue weighted by molar-refractivity contribution is -0.134. The Balaban J connectivity index is 1.61. The van der Waals surface area contributed by atoms with Gasteiger partial charge in [0.1, 0.15) is 6.54 Å². The highest BCUT2D eigenvalue weighted by Crippen LogP contribution is 2.37. The quantitative estimate of drug-likeness (QED) is 0.396. The van der Waals surface area contributed by atoms with Crippen molar-refractivity contribution < 1.29 is 9.59 Å². The number of nitrogens with zero attached hydrogens (tertiary/aromatic N) is 2. The highest BCUT2D eigenvalue weighted by Gasteiger charge is 2.34. The first-order valence-electron chi connectivity index (χ1n) is 11.0. The average Bonchev–Trinajstić information content (AvgIpc) is 3.28. The molecule has 0 unspecified atom stereocenters. The SMILES string of the molecule is CC(C)CN(CC(=O)N1CCc2sccc2[C@H]1c1ccccc1)C(=O)c1ccc(Cl)c(Cl)c1. The predicted molar refractivity (Wildman–Crippen MR) is 135 cm³/mol. The van der Waals surface area contributed by atoms with Crippen LogP contribution >= 0.6 is 34.5 Å². The molecule has 0 saturated carbocycles. The van der Waals surface area contributed by atoms with Crippen LogP contribution in [0, 0.1) is 5.92 Å². The van der Waals surface area contributed by atoms with Gasteiger partial charge >= 0.3 is 0 Å². The van der Waals surface area contributed by atoms with Gasteiger partial charge in [-0.05, 0) is 53.1 Å². The molecule has 3 aromatic rings. The first-order chi connectivity index (χ1) is 15.8. The van der Waals surface area contributed by atoms with Crippen molar-refractivity contribution in [2.75, 3.05) is 19.6 Å². The lowest BCUT2D eigenvalue weighted by Crippen LogP contribution is -2.47. The van der Waals surface area contributed by atoms with Gasteiger partial charge in [0.25, 0.3) is 5.91 Å². The van der Waals surface area contributed by atoms with Crippen molar-refractivity contribution in [1.82, 2.24) is 9.80 Å². The van der Waals surface area contributed by atoms with Crippen molar-refractivity contribution >= 4 is 46.4 Å². The van der Waals surface area contributed by atoms with E-state index in [0.29, 0.717) is 28.7 Å². The summed E-state index contributed by atoms with van der Waals surface area (Å²) < 4.78 is 0. The molecule has 0 fully saturated rings. The maximum Gasteiger partial charge on any atom is 0.254 e. The fraction of sp³-hybridized carbons (Fsp3) is 0.308. The predicted octanol–water partition coefficient (Wildman–Crippen LogP) is 6.33. The summed E-state index contributed by atoms with van der Waals surface area (Å²) in [7, 11) is 0. The van der Waals surface area contributed by atoms with Crippen molar-refractivity contribution in [2.24, 2.45) is 5.92 Å². The molecular weight excluding hydrogens is 475 g/mol. The summed E-state index contributed by atoms with van der Waals surface area (Å²) in [5, 5.41) is 2.81. The number of carbonyl (C=O) groups is 2. The van der Waals surface area contributed by atoms with E-state index >= 15 is 0 Å². The second-order valence-corrected chi connectivity index (χ2v) is 10.5. The lowest BCUT2D eigenvalue weighted by Gasteiger charge is -2.38. The van der Waals surface area contributed by atoms with Gasteiger partial charge in [-0.25, -0.2) is 0 Å². The Kier molecular flexibility index (Phi) is 7.42. The second-order valence-electron chi connectivity index (χ2n) is 8.66. The van der Waals surface area contributed by atoms with E-state index in [1.54, 1.807) is 34.4 Å². The van der Waals surface area contributed by atoms with Gasteiger partial charge in [0.2, 0.25) is 5.91 Å². The third kappa shape index (κ3) is 5.26. The van der Waals surface area contributed by atoms with Gasteiger partial charge in [0.15, 0.2) is 0 Å². The number of thiophene rings is 1. The zero-order chi connectivity index (χ0) is 23.5. The molecule has 1 atom stereocenters. The minimum atomic E-state index is -0.222. The minimum absolute atomic E-state index is 0.0140. The Morgan fingerprint density at radius 2 is 1.85 bits per heavy atom. The molecule has 0 bridgehead atoms. The second kappa shape index (κ2) is 10.3. The average molecular weight is 501 g/mol. The fourth-order valence-electron chi connectivity index (χ4n) is 4.31. The van der Waals surface area contributed by atoms with Crippen LogP contribution in [0.5, 0.6) is 0 Å². The van der Waals surface area contributed by atoms with Crippen LogP contribution in [-0.4, -0.2) is 41.2 Å². The molecule has 33 heavy (non-hydrogen) atoms. The summed E-state index contributed by atoms with van der Waals surface area (Å²) in [4.78, 5) is 31.8. The topological polar surface area (TPSA) is 40.6 Å². The zero-order valence-electron chi connectivity index (χ0n) is 18.6. The molecular formula is C26H26Cl2N2O2S. The number of hydrogen-bond donors (Lipinski definition) is 0. The van der Waals surface area contributed by atoms with E-state index in [9.17, 15) is 9.59 Å². The van der Waals surface area contributed by atoms with Crippen LogP contribution in [0.15, 0.2) is 60.0 Å². The van der Waals surface area contributed by atoms with Crippen LogP contribution in [0.4, 0.5) is 0 Å². The molecule has 0 N–H and O–H groups in total. The molecule has 1 aliphatic heterocycles.